The van der Waals surface area contributed by atoms with Crippen molar-refractivity contribution in [3.8, 4) is 11.1 Å². The Kier molecular flexibility index (Phi) is 5.64. The molecule has 1 atom stereocenters. The zero-order valence-corrected chi connectivity index (χ0v) is 16.2. The van der Waals surface area contributed by atoms with Gasteiger partial charge in [-0.25, -0.2) is 13.2 Å². The third kappa shape index (κ3) is 4.05. The van der Waals surface area contributed by atoms with Crippen LogP contribution in [0, 0.1) is 0 Å². The van der Waals surface area contributed by atoms with Crippen molar-refractivity contribution in [1.29, 1.82) is 0 Å². The molecule has 144 valence electrons. The molecule has 0 amide bonds. The number of benzene rings is 2. The van der Waals surface area contributed by atoms with Gasteiger partial charge in [-0.15, -0.1) is 0 Å². The number of sulfonamides is 1. The molecule has 0 radical (unpaired) electrons. The Morgan fingerprint density at radius 3 is 2.26 bits per heavy atom. The summed E-state index contributed by atoms with van der Waals surface area (Å²) in [5.74, 6) is -1.15. The lowest BCUT2D eigenvalue weighted by atomic mass is 10.0. The third-order valence-electron chi connectivity index (χ3n) is 4.92. The van der Waals surface area contributed by atoms with Crippen LogP contribution in [0.5, 0.6) is 0 Å². The molecule has 2 aromatic rings. The van der Waals surface area contributed by atoms with Crippen LogP contribution in [0.3, 0.4) is 0 Å². The van der Waals surface area contributed by atoms with E-state index >= 15 is 0 Å². The monoisotopic (exact) mass is 389 g/mol. The van der Waals surface area contributed by atoms with Crippen molar-refractivity contribution in [2.24, 2.45) is 0 Å². The van der Waals surface area contributed by atoms with E-state index in [1.165, 1.54) is 16.4 Å². The normalized spacial score (nSPS) is 16.4. The topological polar surface area (TPSA) is 83.9 Å². The maximum atomic E-state index is 12.9. The zero-order chi connectivity index (χ0) is 19.6. The van der Waals surface area contributed by atoms with Crippen LogP contribution in [0.25, 0.3) is 11.1 Å². The Morgan fingerprint density at radius 1 is 1.07 bits per heavy atom. The summed E-state index contributed by atoms with van der Waals surface area (Å²) in [6.45, 7) is 2.87. The molecule has 1 fully saturated rings. The van der Waals surface area contributed by atoms with Crippen molar-refractivity contribution in [3.05, 3.63) is 53.6 Å². The molecule has 0 aliphatic carbocycles. The van der Waals surface area contributed by atoms with Crippen LogP contribution in [0.1, 0.15) is 41.8 Å². The average Bonchev–Trinajstić information content (AvgIpc) is 3.22. The predicted octanol–water partition coefficient (Wildman–Crippen LogP) is 3.54. The highest BCUT2D eigenvalue weighted by molar-refractivity contribution is 7.89. The Hall–Kier alpha value is -2.22. The summed E-state index contributed by atoms with van der Waals surface area (Å²) in [5, 5.41) is 9.44. The molecule has 3 rings (SSSR count). The molecule has 7 heteroatoms. The van der Waals surface area contributed by atoms with Crippen LogP contribution in [0.4, 0.5) is 0 Å². The second-order valence-corrected chi connectivity index (χ2v) is 8.60. The first-order valence-corrected chi connectivity index (χ1v) is 10.3. The molecular weight excluding hydrogens is 366 g/mol. The molecular formula is C20H23NO5S. The molecule has 27 heavy (non-hydrogen) atoms. The molecule has 0 saturated carbocycles. The van der Waals surface area contributed by atoms with Gasteiger partial charge in [0.2, 0.25) is 10.0 Å². The number of methoxy groups -OCH3 is 1. The van der Waals surface area contributed by atoms with E-state index in [0.717, 1.165) is 24.0 Å². The van der Waals surface area contributed by atoms with Crippen LogP contribution >= 0.6 is 0 Å². The van der Waals surface area contributed by atoms with Gasteiger partial charge in [-0.3, -0.25) is 0 Å². The zero-order valence-electron chi connectivity index (χ0n) is 15.4. The first kappa shape index (κ1) is 19.5. The summed E-state index contributed by atoms with van der Waals surface area (Å²) < 4.78 is 32.5. The molecule has 1 saturated heterocycles. The fraction of sp³-hybridized carbons (Fsp3) is 0.350. The van der Waals surface area contributed by atoms with Crippen molar-refractivity contribution in [3.63, 3.8) is 0 Å². The minimum Gasteiger partial charge on any atom is -0.478 e. The Morgan fingerprint density at radius 2 is 1.70 bits per heavy atom. The SMILES string of the molecule is COC(C)c1ccc(-c2cc(C(=O)O)cc(S(=O)(=O)N3CCCC3)c2)cc1. The summed E-state index contributed by atoms with van der Waals surface area (Å²) in [7, 11) is -2.07. The summed E-state index contributed by atoms with van der Waals surface area (Å²) in [4.78, 5) is 11.6. The van der Waals surface area contributed by atoms with E-state index in [-0.39, 0.29) is 16.6 Å². The number of nitrogens with zero attached hydrogens (tertiary/aromatic N) is 1. The van der Waals surface area contributed by atoms with Gasteiger partial charge in [0.05, 0.1) is 16.6 Å². The van der Waals surface area contributed by atoms with E-state index in [1.54, 1.807) is 13.2 Å². The summed E-state index contributed by atoms with van der Waals surface area (Å²) in [6, 6.07) is 11.8. The molecule has 0 spiro atoms. The van der Waals surface area contributed by atoms with Gasteiger partial charge in [0.25, 0.3) is 0 Å². The Bertz CT molecular complexity index is 931. The van der Waals surface area contributed by atoms with Crippen molar-refractivity contribution in [2.75, 3.05) is 20.2 Å². The van der Waals surface area contributed by atoms with Crippen LogP contribution in [0.15, 0.2) is 47.4 Å². The number of hydrogen-bond donors (Lipinski definition) is 1. The van der Waals surface area contributed by atoms with Crippen LogP contribution in [0.2, 0.25) is 0 Å². The number of aromatic carboxylic acids is 1. The molecule has 6 nitrogen and oxygen atoms in total. The van der Waals surface area contributed by atoms with Crippen molar-refractivity contribution in [2.45, 2.75) is 30.8 Å². The number of carbonyl (C=O) groups is 1. The van der Waals surface area contributed by atoms with Crippen molar-refractivity contribution in [1.82, 2.24) is 4.31 Å². The second-order valence-electron chi connectivity index (χ2n) is 6.66. The van der Waals surface area contributed by atoms with Gasteiger partial charge in [0.15, 0.2) is 0 Å². The van der Waals surface area contributed by atoms with E-state index in [0.29, 0.717) is 18.7 Å². The fourth-order valence-corrected chi connectivity index (χ4v) is 4.79. The van der Waals surface area contributed by atoms with Gasteiger partial charge in [-0.1, -0.05) is 24.3 Å². The minimum atomic E-state index is -3.70. The molecule has 2 aromatic carbocycles. The largest absolute Gasteiger partial charge is 0.478 e. The van der Waals surface area contributed by atoms with Crippen LogP contribution < -0.4 is 0 Å². The highest BCUT2D eigenvalue weighted by atomic mass is 32.2. The third-order valence-corrected chi connectivity index (χ3v) is 6.80. The molecule has 1 aliphatic rings. The second kappa shape index (κ2) is 7.80. The molecule has 0 aromatic heterocycles. The smallest absolute Gasteiger partial charge is 0.335 e. The summed E-state index contributed by atoms with van der Waals surface area (Å²) in [6.07, 6.45) is 1.59. The first-order valence-electron chi connectivity index (χ1n) is 8.84. The molecule has 1 N–H and O–H groups in total. The number of ether oxygens (including phenoxy) is 1. The van der Waals surface area contributed by atoms with E-state index in [4.69, 9.17) is 4.74 Å². The van der Waals surface area contributed by atoms with Gasteiger partial charge in [0, 0.05) is 20.2 Å². The first-order chi connectivity index (χ1) is 12.8. The van der Waals surface area contributed by atoms with Gasteiger partial charge in [-0.2, -0.15) is 4.31 Å². The van der Waals surface area contributed by atoms with Crippen LogP contribution in [-0.4, -0.2) is 44.0 Å². The number of rotatable bonds is 6. The lowest BCUT2D eigenvalue weighted by Gasteiger charge is -2.17. The van der Waals surface area contributed by atoms with Gasteiger partial charge >= 0.3 is 5.97 Å². The molecule has 1 heterocycles. The standard InChI is InChI=1S/C20H23NO5S/c1-14(26-2)15-5-7-16(8-6-15)17-11-18(20(22)23)13-19(12-17)27(24,25)21-9-3-4-10-21/h5-8,11-14H,3-4,9-10H2,1-2H3,(H,22,23). The highest BCUT2D eigenvalue weighted by Crippen LogP contribution is 2.29. The molecule has 1 aliphatic heterocycles. The maximum Gasteiger partial charge on any atom is 0.335 e. The predicted molar refractivity (Wildman–Crippen MR) is 102 cm³/mol. The van der Waals surface area contributed by atoms with Gasteiger partial charge in [0.1, 0.15) is 0 Å². The number of hydrogen-bond acceptors (Lipinski definition) is 4. The van der Waals surface area contributed by atoms with E-state index in [1.807, 2.05) is 31.2 Å². The maximum absolute atomic E-state index is 12.9. The summed E-state index contributed by atoms with van der Waals surface area (Å²) in [5.41, 5.74) is 2.26. The van der Waals surface area contributed by atoms with Crippen molar-refractivity contribution < 1.29 is 23.1 Å². The minimum absolute atomic E-state index is 0.0219. The van der Waals surface area contributed by atoms with Crippen LogP contribution in [-0.2, 0) is 14.8 Å². The van der Waals surface area contributed by atoms with E-state index < -0.39 is 16.0 Å². The Labute approximate surface area is 159 Å². The molecule has 1 unspecified atom stereocenters. The molecule has 0 bridgehead atoms. The average molecular weight is 389 g/mol. The fourth-order valence-electron chi connectivity index (χ4n) is 3.20. The number of carboxylic acid groups (broad SMARTS) is 1. The number of carboxylic acids is 1. The Balaban J connectivity index is 2.05. The van der Waals surface area contributed by atoms with Crippen molar-refractivity contribution >= 4 is 16.0 Å². The lowest BCUT2D eigenvalue weighted by molar-refractivity contribution is 0.0696. The van der Waals surface area contributed by atoms with Gasteiger partial charge in [-0.05, 0) is 54.7 Å². The lowest BCUT2D eigenvalue weighted by Crippen LogP contribution is -2.28. The summed E-state index contributed by atoms with van der Waals surface area (Å²) >= 11 is 0. The quantitative estimate of drug-likeness (QED) is 0.817. The van der Waals surface area contributed by atoms with E-state index in [9.17, 15) is 18.3 Å². The highest BCUT2D eigenvalue weighted by Gasteiger charge is 2.28. The van der Waals surface area contributed by atoms with E-state index in [2.05, 4.69) is 0 Å². The van der Waals surface area contributed by atoms with Gasteiger partial charge < -0.3 is 9.84 Å².